The van der Waals surface area contributed by atoms with Crippen LogP contribution < -0.4 is 4.74 Å². The van der Waals surface area contributed by atoms with Gasteiger partial charge in [0.2, 0.25) is 0 Å². The minimum Gasteiger partial charge on any atom is -0.497 e. The van der Waals surface area contributed by atoms with E-state index in [2.05, 4.69) is 40.5 Å². The summed E-state index contributed by atoms with van der Waals surface area (Å²) in [6.45, 7) is 4.53. The molecule has 0 unspecified atom stereocenters. The smallest absolute Gasteiger partial charge is 0.165 e. The second-order valence-corrected chi connectivity index (χ2v) is 4.84. The first kappa shape index (κ1) is 14.5. The number of hydrogen-bond donors (Lipinski definition) is 0. The van der Waals surface area contributed by atoms with Gasteiger partial charge in [0.1, 0.15) is 5.75 Å². The van der Waals surface area contributed by atoms with Crippen LogP contribution in [0.3, 0.4) is 0 Å². The average molecular weight is 275 g/mol. The number of aromatic nitrogens is 4. The monoisotopic (exact) mass is 275 g/mol. The highest BCUT2D eigenvalue weighted by Crippen LogP contribution is 2.14. The Morgan fingerprint density at radius 1 is 1.30 bits per heavy atom. The molecule has 1 aromatic heterocycles. The Labute approximate surface area is 119 Å². The lowest BCUT2D eigenvalue weighted by molar-refractivity contribution is 0.301. The van der Waals surface area contributed by atoms with E-state index in [0.29, 0.717) is 0 Å². The van der Waals surface area contributed by atoms with Gasteiger partial charge in [-0.3, -0.25) is 4.90 Å². The maximum atomic E-state index is 5.24. The third-order valence-electron chi connectivity index (χ3n) is 3.04. The lowest BCUT2D eigenvalue weighted by Crippen LogP contribution is -2.20. The van der Waals surface area contributed by atoms with E-state index in [4.69, 9.17) is 4.74 Å². The van der Waals surface area contributed by atoms with E-state index in [-0.39, 0.29) is 0 Å². The fraction of sp³-hybridized carbons (Fsp3) is 0.500. The van der Waals surface area contributed by atoms with E-state index in [0.717, 1.165) is 37.6 Å². The molecule has 0 spiro atoms. The summed E-state index contributed by atoms with van der Waals surface area (Å²) in [7, 11) is 3.74. The molecule has 6 heteroatoms. The molecule has 0 radical (unpaired) electrons. The maximum Gasteiger partial charge on any atom is 0.165 e. The number of rotatable bonds is 7. The van der Waals surface area contributed by atoms with Gasteiger partial charge in [-0.2, -0.15) is 0 Å². The van der Waals surface area contributed by atoms with Crippen molar-refractivity contribution < 1.29 is 4.74 Å². The van der Waals surface area contributed by atoms with Crippen LogP contribution in [0.2, 0.25) is 0 Å². The molecule has 0 atom stereocenters. The number of aryl methyl sites for hydroxylation is 1. The summed E-state index contributed by atoms with van der Waals surface area (Å²) in [5.41, 5.74) is 1.21. The summed E-state index contributed by atoms with van der Waals surface area (Å²) in [6.07, 6.45) is 1.03. The second kappa shape index (κ2) is 7.00. The molecule has 0 amide bonds. The highest BCUT2D eigenvalue weighted by molar-refractivity contribution is 5.28. The molecule has 0 aliphatic heterocycles. The van der Waals surface area contributed by atoms with Gasteiger partial charge in [-0.15, -0.1) is 5.10 Å². The molecule has 0 saturated heterocycles. The minimum absolute atomic E-state index is 0.726. The number of nitrogens with zero attached hydrogens (tertiary/aromatic N) is 5. The molecule has 0 bridgehead atoms. The zero-order chi connectivity index (χ0) is 14.4. The van der Waals surface area contributed by atoms with E-state index >= 15 is 0 Å². The second-order valence-electron chi connectivity index (χ2n) is 4.84. The van der Waals surface area contributed by atoms with Crippen molar-refractivity contribution in [3.05, 3.63) is 35.7 Å². The summed E-state index contributed by atoms with van der Waals surface area (Å²) in [5.74, 6) is 1.78. The van der Waals surface area contributed by atoms with Crippen LogP contribution >= 0.6 is 0 Å². The van der Waals surface area contributed by atoms with E-state index < -0.39 is 0 Å². The first-order chi connectivity index (χ1) is 9.72. The first-order valence-electron chi connectivity index (χ1n) is 6.79. The largest absolute Gasteiger partial charge is 0.497 e. The average Bonchev–Trinajstić information content (AvgIpc) is 2.86. The molecule has 2 rings (SSSR count). The van der Waals surface area contributed by atoms with E-state index in [9.17, 15) is 0 Å². The van der Waals surface area contributed by atoms with E-state index in [1.807, 2.05) is 22.9 Å². The Morgan fingerprint density at radius 2 is 2.15 bits per heavy atom. The fourth-order valence-electron chi connectivity index (χ4n) is 2.10. The van der Waals surface area contributed by atoms with Crippen molar-refractivity contribution in [3.8, 4) is 5.75 Å². The SMILES string of the molecule is CCCn1nnnc1CN(C)Cc1cccc(OC)c1. The zero-order valence-corrected chi connectivity index (χ0v) is 12.3. The summed E-state index contributed by atoms with van der Waals surface area (Å²) in [6, 6.07) is 8.09. The minimum atomic E-state index is 0.726. The molecule has 6 nitrogen and oxygen atoms in total. The quantitative estimate of drug-likeness (QED) is 0.770. The summed E-state index contributed by atoms with van der Waals surface area (Å²) in [5, 5.41) is 11.8. The highest BCUT2D eigenvalue weighted by Gasteiger charge is 2.09. The van der Waals surface area contributed by atoms with Crippen LogP contribution in [0.25, 0.3) is 0 Å². The van der Waals surface area contributed by atoms with Crippen LogP contribution in [0.1, 0.15) is 24.7 Å². The number of benzene rings is 1. The Bertz CT molecular complexity index is 540. The topological polar surface area (TPSA) is 56.1 Å². The van der Waals surface area contributed by atoms with Crippen LogP contribution in [-0.4, -0.2) is 39.3 Å². The highest BCUT2D eigenvalue weighted by atomic mass is 16.5. The van der Waals surface area contributed by atoms with Crippen LogP contribution in [0.5, 0.6) is 5.75 Å². The van der Waals surface area contributed by atoms with Crippen LogP contribution in [0, 0.1) is 0 Å². The van der Waals surface area contributed by atoms with Gasteiger partial charge in [0, 0.05) is 13.1 Å². The molecular formula is C14H21N5O. The standard InChI is InChI=1S/C14H21N5O/c1-4-8-19-14(15-16-17-19)11-18(2)10-12-6-5-7-13(9-12)20-3/h5-7,9H,4,8,10-11H2,1-3H3. The molecule has 0 aliphatic carbocycles. The van der Waals surface area contributed by atoms with E-state index in [1.54, 1.807) is 7.11 Å². The van der Waals surface area contributed by atoms with Gasteiger partial charge in [0.15, 0.2) is 5.82 Å². The Morgan fingerprint density at radius 3 is 2.90 bits per heavy atom. The van der Waals surface area contributed by atoms with Gasteiger partial charge in [-0.05, 0) is 41.6 Å². The lowest BCUT2D eigenvalue weighted by Gasteiger charge is -2.16. The molecule has 0 aliphatic rings. The predicted octanol–water partition coefficient (Wildman–Crippen LogP) is 1.72. The Balaban J connectivity index is 1.97. The number of tetrazole rings is 1. The van der Waals surface area contributed by atoms with Crippen molar-refractivity contribution in [2.24, 2.45) is 0 Å². The number of hydrogen-bond acceptors (Lipinski definition) is 5. The maximum absolute atomic E-state index is 5.24. The third-order valence-corrected chi connectivity index (χ3v) is 3.04. The van der Waals surface area contributed by atoms with Crippen LogP contribution in [0.4, 0.5) is 0 Å². The van der Waals surface area contributed by atoms with Crippen molar-refractivity contribution in [1.29, 1.82) is 0 Å². The summed E-state index contributed by atoms with van der Waals surface area (Å²) in [4.78, 5) is 2.19. The molecule has 0 saturated carbocycles. The normalized spacial score (nSPS) is 11.0. The van der Waals surface area contributed by atoms with Crippen molar-refractivity contribution in [2.75, 3.05) is 14.2 Å². The molecule has 2 aromatic rings. The van der Waals surface area contributed by atoms with Crippen molar-refractivity contribution in [3.63, 3.8) is 0 Å². The van der Waals surface area contributed by atoms with E-state index in [1.165, 1.54) is 5.56 Å². The van der Waals surface area contributed by atoms with Gasteiger partial charge in [0.25, 0.3) is 0 Å². The van der Waals surface area contributed by atoms with Crippen LogP contribution in [0.15, 0.2) is 24.3 Å². The summed E-state index contributed by atoms with van der Waals surface area (Å²) < 4.78 is 7.10. The lowest BCUT2D eigenvalue weighted by atomic mass is 10.2. The molecule has 20 heavy (non-hydrogen) atoms. The third kappa shape index (κ3) is 3.77. The predicted molar refractivity (Wildman–Crippen MR) is 76.3 cm³/mol. The van der Waals surface area contributed by atoms with Gasteiger partial charge >= 0.3 is 0 Å². The molecule has 1 aromatic carbocycles. The number of methoxy groups -OCH3 is 1. The van der Waals surface area contributed by atoms with Crippen molar-refractivity contribution in [1.82, 2.24) is 25.1 Å². The molecule has 0 N–H and O–H groups in total. The number of ether oxygens (including phenoxy) is 1. The zero-order valence-electron chi connectivity index (χ0n) is 12.3. The molecule has 0 fully saturated rings. The van der Waals surface area contributed by atoms with Gasteiger partial charge < -0.3 is 4.74 Å². The van der Waals surface area contributed by atoms with Crippen molar-refractivity contribution >= 4 is 0 Å². The van der Waals surface area contributed by atoms with Crippen LogP contribution in [-0.2, 0) is 19.6 Å². The van der Waals surface area contributed by atoms with Gasteiger partial charge in [-0.25, -0.2) is 4.68 Å². The molecular weight excluding hydrogens is 254 g/mol. The Kier molecular flexibility index (Phi) is 5.06. The molecule has 1 heterocycles. The van der Waals surface area contributed by atoms with Gasteiger partial charge in [0.05, 0.1) is 13.7 Å². The fourth-order valence-corrected chi connectivity index (χ4v) is 2.10. The van der Waals surface area contributed by atoms with Crippen molar-refractivity contribution in [2.45, 2.75) is 33.0 Å². The molecule has 108 valence electrons. The Hall–Kier alpha value is -1.95. The first-order valence-corrected chi connectivity index (χ1v) is 6.79. The summed E-state index contributed by atoms with van der Waals surface area (Å²) >= 11 is 0. The van der Waals surface area contributed by atoms with Gasteiger partial charge in [-0.1, -0.05) is 19.1 Å².